The van der Waals surface area contributed by atoms with Gasteiger partial charge in [0, 0.05) is 16.9 Å². The second kappa shape index (κ2) is 5.40. The second-order valence-electron chi connectivity index (χ2n) is 4.30. The van der Waals surface area contributed by atoms with Crippen LogP contribution in [0.25, 0.3) is 0 Å². The van der Waals surface area contributed by atoms with Crippen molar-refractivity contribution in [2.24, 2.45) is 0 Å². The monoisotopic (exact) mass is 255 g/mol. The number of rotatable bonds is 3. The van der Waals surface area contributed by atoms with Gasteiger partial charge in [-0.1, -0.05) is 18.2 Å². The van der Waals surface area contributed by atoms with Crippen LogP contribution in [0.15, 0.2) is 42.5 Å². The summed E-state index contributed by atoms with van der Waals surface area (Å²) in [5.41, 5.74) is 7.82. The lowest BCUT2D eigenvalue weighted by atomic mass is 10.1. The molecule has 2 aromatic rings. The van der Waals surface area contributed by atoms with E-state index in [1.807, 2.05) is 13.0 Å². The average Bonchev–Trinajstić information content (AvgIpc) is 2.41. The molecule has 3 nitrogen and oxygen atoms in total. The van der Waals surface area contributed by atoms with E-state index in [-0.39, 0.29) is 11.9 Å². The van der Waals surface area contributed by atoms with Crippen molar-refractivity contribution < 1.29 is 4.39 Å². The molecular formula is C15H14FN3. The molecule has 0 saturated heterocycles. The highest BCUT2D eigenvalue weighted by molar-refractivity contribution is 5.62. The van der Waals surface area contributed by atoms with E-state index in [0.717, 1.165) is 5.69 Å². The Kier molecular flexibility index (Phi) is 3.67. The van der Waals surface area contributed by atoms with Gasteiger partial charge in [0.15, 0.2) is 0 Å². The van der Waals surface area contributed by atoms with E-state index in [0.29, 0.717) is 16.8 Å². The van der Waals surface area contributed by atoms with Gasteiger partial charge in [0.1, 0.15) is 11.9 Å². The van der Waals surface area contributed by atoms with Gasteiger partial charge >= 0.3 is 0 Å². The number of nitrogens with zero attached hydrogens (tertiary/aromatic N) is 1. The van der Waals surface area contributed by atoms with Crippen LogP contribution in [0.5, 0.6) is 0 Å². The Morgan fingerprint density at radius 3 is 2.68 bits per heavy atom. The Bertz CT molecular complexity index is 632. The lowest BCUT2D eigenvalue weighted by Gasteiger charge is -2.16. The first-order valence-electron chi connectivity index (χ1n) is 5.92. The number of benzene rings is 2. The summed E-state index contributed by atoms with van der Waals surface area (Å²) in [5, 5.41) is 12.1. The van der Waals surface area contributed by atoms with Crippen molar-refractivity contribution in [3.05, 3.63) is 59.4 Å². The maximum Gasteiger partial charge on any atom is 0.128 e. The number of nitriles is 1. The third-order valence-electron chi connectivity index (χ3n) is 2.93. The lowest BCUT2D eigenvalue weighted by molar-refractivity contribution is 0.600. The molecule has 0 bridgehead atoms. The summed E-state index contributed by atoms with van der Waals surface area (Å²) < 4.78 is 13.6. The summed E-state index contributed by atoms with van der Waals surface area (Å²) in [4.78, 5) is 0. The first kappa shape index (κ1) is 12.9. The standard InChI is InChI=1S/C15H14FN3/c1-10(13-4-2-3-5-14(13)16)19-12-6-7-15(18)11(8-12)9-17/h2-8,10,19H,18H2,1H3. The summed E-state index contributed by atoms with van der Waals surface area (Å²) in [6.07, 6.45) is 0. The van der Waals surface area contributed by atoms with E-state index >= 15 is 0 Å². The fourth-order valence-electron chi connectivity index (χ4n) is 1.90. The van der Waals surface area contributed by atoms with Gasteiger partial charge in [0.05, 0.1) is 11.6 Å². The molecule has 0 spiro atoms. The van der Waals surface area contributed by atoms with Gasteiger partial charge in [-0.05, 0) is 31.2 Å². The average molecular weight is 255 g/mol. The Labute approximate surface area is 111 Å². The maximum atomic E-state index is 13.6. The van der Waals surface area contributed by atoms with Gasteiger partial charge < -0.3 is 11.1 Å². The van der Waals surface area contributed by atoms with Crippen LogP contribution in [0.3, 0.4) is 0 Å². The fraction of sp³-hybridized carbons (Fsp3) is 0.133. The van der Waals surface area contributed by atoms with Crippen molar-refractivity contribution in [3.63, 3.8) is 0 Å². The Morgan fingerprint density at radius 1 is 1.26 bits per heavy atom. The molecule has 0 aliphatic rings. The van der Waals surface area contributed by atoms with Gasteiger partial charge in [0.2, 0.25) is 0 Å². The number of nitrogen functional groups attached to an aromatic ring is 1. The third-order valence-corrected chi connectivity index (χ3v) is 2.93. The molecule has 96 valence electrons. The normalized spacial score (nSPS) is 11.6. The molecule has 1 atom stereocenters. The van der Waals surface area contributed by atoms with Crippen LogP contribution in [0.2, 0.25) is 0 Å². The predicted molar refractivity (Wildman–Crippen MR) is 74.0 cm³/mol. The van der Waals surface area contributed by atoms with Crippen molar-refractivity contribution in [2.75, 3.05) is 11.1 Å². The molecule has 0 heterocycles. The van der Waals surface area contributed by atoms with E-state index in [4.69, 9.17) is 11.0 Å². The predicted octanol–water partition coefficient (Wildman–Crippen LogP) is 3.45. The molecule has 0 radical (unpaired) electrons. The van der Waals surface area contributed by atoms with Gasteiger partial charge in [-0.25, -0.2) is 4.39 Å². The van der Waals surface area contributed by atoms with Gasteiger partial charge in [0.25, 0.3) is 0 Å². The van der Waals surface area contributed by atoms with Gasteiger partial charge in [-0.3, -0.25) is 0 Å². The molecule has 3 N–H and O–H groups in total. The highest BCUT2D eigenvalue weighted by Gasteiger charge is 2.10. The van der Waals surface area contributed by atoms with Crippen LogP contribution in [0.4, 0.5) is 15.8 Å². The summed E-state index contributed by atoms with van der Waals surface area (Å²) in [5.74, 6) is -0.251. The van der Waals surface area contributed by atoms with E-state index < -0.39 is 0 Å². The first-order valence-corrected chi connectivity index (χ1v) is 5.92. The smallest absolute Gasteiger partial charge is 0.128 e. The number of nitrogens with one attached hydrogen (secondary N) is 1. The number of halogens is 1. The molecule has 2 rings (SSSR count). The van der Waals surface area contributed by atoms with E-state index in [2.05, 4.69) is 5.32 Å². The first-order chi connectivity index (χ1) is 9.11. The summed E-state index contributed by atoms with van der Waals surface area (Å²) >= 11 is 0. The fourth-order valence-corrected chi connectivity index (χ4v) is 1.90. The topological polar surface area (TPSA) is 61.8 Å². The zero-order chi connectivity index (χ0) is 13.8. The zero-order valence-corrected chi connectivity index (χ0v) is 10.5. The van der Waals surface area contributed by atoms with Crippen LogP contribution in [0.1, 0.15) is 24.1 Å². The maximum absolute atomic E-state index is 13.6. The van der Waals surface area contributed by atoms with Crippen LogP contribution in [-0.2, 0) is 0 Å². The molecule has 0 amide bonds. The number of hydrogen-bond donors (Lipinski definition) is 2. The zero-order valence-electron chi connectivity index (χ0n) is 10.5. The van der Waals surface area contributed by atoms with Crippen molar-refractivity contribution in [1.29, 1.82) is 5.26 Å². The molecule has 0 aliphatic carbocycles. The van der Waals surface area contributed by atoms with Crippen molar-refractivity contribution in [1.82, 2.24) is 0 Å². The van der Waals surface area contributed by atoms with Crippen LogP contribution < -0.4 is 11.1 Å². The second-order valence-corrected chi connectivity index (χ2v) is 4.30. The summed E-state index contributed by atoms with van der Waals surface area (Å²) in [6.45, 7) is 1.86. The van der Waals surface area contributed by atoms with Gasteiger partial charge in [-0.15, -0.1) is 0 Å². The molecule has 4 heteroatoms. The highest BCUT2D eigenvalue weighted by atomic mass is 19.1. The molecule has 0 aromatic heterocycles. The SMILES string of the molecule is CC(Nc1ccc(N)c(C#N)c1)c1ccccc1F. The van der Waals surface area contributed by atoms with E-state index in [9.17, 15) is 4.39 Å². The number of hydrogen-bond acceptors (Lipinski definition) is 3. The Hall–Kier alpha value is -2.54. The molecular weight excluding hydrogens is 241 g/mol. The number of anilines is 2. The minimum atomic E-state index is -0.251. The molecule has 2 aromatic carbocycles. The van der Waals surface area contributed by atoms with Gasteiger partial charge in [-0.2, -0.15) is 5.26 Å². The Morgan fingerprint density at radius 2 is 2.00 bits per heavy atom. The molecule has 0 saturated carbocycles. The lowest BCUT2D eigenvalue weighted by Crippen LogP contribution is -2.08. The molecule has 1 unspecified atom stereocenters. The van der Waals surface area contributed by atoms with Crippen LogP contribution in [-0.4, -0.2) is 0 Å². The summed E-state index contributed by atoms with van der Waals surface area (Å²) in [7, 11) is 0. The molecule has 0 aliphatic heterocycles. The molecule has 0 fully saturated rings. The van der Waals surface area contributed by atoms with Crippen LogP contribution >= 0.6 is 0 Å². The van der Waals surface area contributed by atoms with Crippen molar-refractivity contribution in [2.45, 2.75) is 13.0 Å². The largest absolute Gasteiger partial charge is 0.398 e. The minimum absolute atomic E-state index is 0.198. The van der Waals surface area contributed by atoms with E-state index in [1.165, 1.54) is 6.07 Å². The van der Waals surface area contributed by atoms with Crippen molar-refractivity contribution >= 4 is 11.4 Å². The van der Waals surface area contributed by atoms with E-state index in [1.54, 1.807) is 36.4 Å². The minimum Gasteiger partial charge on any atom is -0.398 e. The third kappa shape index (κ3) is 2.83. The van der Waals surface area contributed by atoms with Crippen molar-refractivity contribution in [3.8, 4) is 6.07 Å². The van der Waals surface area contributed by atoms with Crippen LogP contribution in [0, 0.1) is 17.1 Å². The summed E-state index contributed by atoms with van der Waals surface area (Å²) in [6, 6.07) is 13.5. The highest BCUT2D eigenvalue weighted by Crippen LogP contribution is 2.23. The molecule has 19 heavy (non-hydrogen) atoms. The quantitative estimate of drug-likeness (QED) is 0.826. The Balaban J connectivity index is 2.22. The number of nitrogens with two attached hydrogens (primary N) is 1.